The molecule has 1 aromatic heterocycles. The fourth-order valence-electron chi connectivity index (χ4n) is 1.56. The van der Waals surface area contributed by atoms with Gasteiger partial charge in [-0.15, -0.1) is 0 Å². The van der Waals surface area contributed by atoms with Gasteiger partial charge < -0.3 is 5.32 Å². The number of nitrogens with zero attached hydrogens (tertiary/aromatic N) is 2. The molecule has 6 nitrogen and oxygen atoms in total. The van der Waals surface area contributed by atoms with E-state index in [1.807, 2.05) is 6.92 Å². The van der Waals surface area contributed by atoms with Crippen LogP contribution in [0.3, 0.4) is 0 Å². The van der Waals surface area contributed by atoms with Gasteiger partial charge in [0.1, 0.15) is 0 Å². The summed E-state index contributed by atoms with van der Waals surface area (Å²) < 4.78 is 25.2. The molecule has 0 radical (unpaired) electrons. The molecule has 1 aliphatic rings. The second-order valence-electron chi connectivity index (χ2n) is 3.86. The summed E-state index contributed by atoms with van der Waals surface area (Å²) in [6.45, 7) is 3.24. The van der Waals surface area contributed by atoms with Crippen LogP contribution in [-0.4, -0.2) is 42.8 Å². The summed E-state index contributed by atoms with van der Waals surface area (Å²) in [4.78, 5) is 9.02. The molecule has 2 rings (SSSR count). The molecule has 0 amide bonds. The van der Waals surface area contributed by atoms with Crippen LogP contribution < -0.4 is 5.32 Å². The molecule has 0 spiro atoms. The van der Waals surface area contributed by atoms with E-state index in [9.17, 15) is 8.42 Å². The van der Waals surface area contributed by atoms with Crippen molar-refractivity contribution in [1.29, 1.82) is 0 Å². The zero-order chi connectivity index (χ0) is 13.2. The Hall–Kier alpha value is -0.830. The number of pyridine rings is 1. The molecule has 0 aromatic carbocycles. The number of hydroxylamine groups is 1. The first-order valence-corrected chi connectivity index (χ1v) is 7.53. The Morgan fingerprint density at radius 1 is 1.61 bits per heavy atom. The van der Waals surface area contributed by atoms with Crippen molar-refractivity contribution < 1.29 is 13.3 Å². The molecule has 1 fully saturated rings. The smallest absolute Gasteiger partial charge is 0.282 e. The maximum absolute atomic E-state index is 12.1. The normalized spacial score (nSPS) is 21.1. The Labute approximate surface area is 112 Å². The van der Waals surface area contributed by atoms with Crippen molar-refractivity contribution >= 4 is 28.3 Å². The summed E-state index contributed by atoms with van der Waals surface area (Å²) >= 11 is 4.18. The number of nitrogens with one attached hydrogen (secondary N) is 1. The van der Waals surface area contributed by atoms with Gasteiger partial charge in [-0.05, 0) is 19.1 Å². The summed E-state index contributed by atoms with van der Waals surface area (Å²) in [6, 6.07) is 3.14. The van der Waals surface area contributed by atoms with E-state index in [4.69, 9.17) is 4.84 Å². The van der Waals surface area contributed by atoms with Crippen LogP contribution in [0.4, 0.5) is 5.69 Å². The summed E-state index contributed by atoms with van der Waals surface area (Å²) in [7, 11) is -3.68. The van der Waals surface area contributed by atoms with Crippen LogP contribution in [0.1, 0.15) is 6.92 Å². The molecule has 100 valence electrons. The van der Waals surface area contributed by atoms with E-state index < -0.39 is 10.0 Å². The van der Waals surface area contributed by atoms with Gasteiger partial charge in [0, 0.05) is 11.8 Å². The zero-order valence-electron chi connectivity index (χ0n) is 9.91. The second-order valence-corrected chi connectivity index (χ2v) is 6.36. The number of hydrogen-bond acceptors (Lipinski definition) is 6. The lowest BCUT2D eigenvalue weighted by atomic mass is 10.4. The largest absolute Gasteiger partial charge is 0.384 e. The van der Waals surface area contributed by atoms with Gasteiger partial charge >= 0.3 is 0 Å². The first-order valence-electron chi connectivity index (χ1n) is 5.57. The van der Waals surface area contributed by atoms with Gasteiger partial charge in [-0.25, -0.2) is 13.4 Å². The van der Waals surface area contributed by atoms with E-state index in [0.717, 1.165) is 16.7 Å². The van der Waals surface area contributed by atoms with Crippen molar-refractivity contribution in [3.8, 4) is 0 Å². The quantitative estimate of drug-likeness (QED) is 0.800. The third kappa shape index (κ3) is 2.77. The lowest BCUT2D eigenvalue weighted by Crippen LogP contribution is -2.28. The van der Waals surface area contributed by atoms with Crippen LogP contribution >= 0.6 is 12.6 Å². The predicted molar refractivity (Wildman–Crippen MR) is 71.0 cm³/mol. The van der Waals surface area contributed by atoms with Crippen molar-refractivity contribution in [2.24, 2.45) is 0 Å². The third-order valence-electron chi connectivity index (χ3n) is 2.42. The van der Waals surface area contributed by atoms with Crippen molar-refractivity contribution in [2.75, 3.05) is 25.0 Å². The first-order chi connectivity index (χ1) is 8.54. The highest BCUT2D eigenvalue weighted by molar-refractivity contribution is 7.89. The van der Waals surface area contributed by atoms with Gasteiger partial charge in [0.05, 0.1) is 25.0 Å². The molecular formula is C10H15N3O3S2. The number of sulfonamides is 1. The highest BCUT2D eigenvalue weighted by atomic mass is 32.2. The topological polar surface area (TPSA) is 71.5 Å². The summed E-state index contributed by atoms with van der Waals surface area (Å²) in [5.74, 6) is 0. The van der Waals surface area contributed by atoms with E-state index in [2.05, 4.69) is 22.9 Å². The van der Waals surface area contributed by atoms with Gasteiger partial charge in [0.15, 0.2) is 5.03 Å². The van der Waals surface area contributed by atoms with E-state index in [0.29, 0.717) is 0 Å². The second kappa shape index (κ2) is 5.43. The van der Waals surface area contributed by atoms with E-state index >= 15 is 0 Å². The van der Waals surface area contributed by atoms with Gasteiger partial charge in [-0.1, -0.05) is 4.47 Å². The Bertz CT molecular complexity index is 504. The molecule has 0 saturated carbocycles. The molecule has 1 unspecified atom stereocenters. The summed E-state index contributed by atoms with van der Waals surface area (Å²) in [5, 5.41) is 2.93. The van der Waals surface area contributed by atoms with Gasteiger partial charge in [-0.2, -0.15) is 12.6 Å². The van der Waals surface area contributed by atoms with E-state index in [-0.39, 0.29) is 23.4 Å². The predicted octanol–water partition coefficient (Wildman–Crippen LogP) is 0.748. The Kier molecular flexibility index (Phi) is 4.10. The monoisotopic (exact) mass is 289 g/mol. The minimum Gasteiger partial charge on any atom is -0.384 e. The number of rotatable bonds is 4. The minimum atomic E-state index is -3.68. The molecule has 0 aliphatic carbocycles. The Balaban J connectivity index is 2.19. The van der Waals surface area contributed by atoms with Crippen molar-refractivity contribution in [1.82, 2.24) is 9.45 Å². The third-order valence-corrected chi connectivity index (χ3v) is 4.29. The number of thiol groups is 1. The van der Waals surface area contributed by atoms with Crippen molar-refractivity contribution in [3.63, 3.8) is 0 Å². The standard InChI is InChI=1S/C10H15N3O3S2/c1-2-11-8-3-4-10(12-5-8)18(14,15)13-6-9(17)7-16-13/h3-5,9,11,17H,2,6-7H2,1H3. The molecule has 1 atom stereocenters. The van der Waals surface area contributed by atoms with Crippen LogP contribution in [-0.2, 0) is 14.9 Å². The number of hydrogen-bond donors (Lipinski definition) is 2. The summed E-state index contributed by atoms with van der Waals surface area (Å²) in [5.41, 5.74) is 0.783. The molecule has 8 heteroatoms. The highest BCUT2D eigenvalue weighted by Gasteiger charge is 2.33. The minimum absolute atomic E-state index is 0.0217. The highest BCUT2D eigenvalue weighted by Crippen LogP contribution is 2.21. The lowest BCUT2D eigenvalue weighted by Gasteiger charge is -2.13. The van der Waals surface area contributed by atoms with Crippen LogP contribution in [0, 0.1) is 0 Å². The molecule has 1 N–H and O–H groups in total. The van der Waals surface area contributed by atoms with Gasteiger partial charge in [0.2, 0.25) is 0 Å². The van der Waals surface area contributed by atoms with Crippen LogP contribution in [0.25, 0.3) is 0 Å². The molecular weight excluding hydrogens is 274 g/mol. The number of aromatic nitrogens is 1. The zero-order valence-corrected chi connectivity index (χ0v) is 11.6. The maximum Gasteiger partial charge on any atom is 0.282 e. The fourth-order valence-corrected chi connectivity index (χ4v) is 3.10. The molecule has 18 heavy (non-hydrogen) atoms. The first kappa shape index (κ1) is 13.6. The van der Waals surface area contributed by atoms with Crippen molar-refractivity contribution in [3.05, 3.63) is 18.3 Å². The van der Waals surface area contributed by atoms with E-state index in [1.165, 1.54) is 12.3 Å². The van der Waals surface area contributed by atoms with Crippen LogP contribution in [0.2, 0.25) is 0 Å². The average Bonchev–Trinajstić information content (AvgIpc) is 2.78. The molecule has 0 bridgehead atoms. The van der Waals surface area contributed by atoms with Crippen LogP contribution in [0.15, 0.2) is 23.4 Å². The maximum atomic E-state index is 12.1. The molecule has 1 aromatic rings. The molecule has 1 saturated heterocycles. The molecule has 1 aliphatic heterocycles. The van der Waals surface area contributed by atoms with Crippen molar-refractivity contribution in [2.45, 2.75) is 17.2 Å². The van der Waals surface area contributed by atoms with Gasteiger partial charge in [0.25, 0.3) is 10.0 Å². The molecule has 2 heterocycles. The van der Waals surface area contributed by atoms with Gasteiger partial charge in [-0.3, -0.25) is 4.84 Å². The Morgan fingerprint density at radius 3 is 2.89 bits per heavy atom. The Morgan fingerprint density at radius 2 is 2.39 bits per heavy atom. The fraction of sp³-hybridized carbons (Fsp3) is 0.500. The number of anilines is 1. The summed E-state index contributed by atoms with van der Waals surface area (Å²) in [6.07, 6.45) is 1.49. The SMILES string of the molecule is CCNc1ccc(S(=O)(=O)N2CC(S)CO2)nc1. The van der Waals surface area contributed by atoms with Crippen LogP contribution in [0.5, 0.6) is 0 Å². The lowest BCUT2D eigenvalue weighted by molar-refractivity contribution is -0.0285. The average molecular weight is 289 g/mol. The van der Waals surface area contributed by atoms with E-state index in [1.54, 1.807) is 6.07 Å².